The largest absolute Gasteiger partial charge is 0.508 e. The van der Waals surface area contributed by atoms with E-state index in [1.807, 2.05) is 6.92 Å². The number of hydrogen-bond donors (Lipinski definition) is 1. The third-order valence-electron chi connectivity index (χ3n) is 4.69. The zero-order valence-electron chi connectivity index (χ0n) is 13.1. The van der Waals surface area contributed by atoms with Gasteiger partial charge in [-0.3, -0.25) is 4.99 Å². The van der Waals surface area contributed by atoms with Gasteiger partial charge in [0.05, 0.1) is 26.1 Å². The maximum absolute atomic E-state index is 12.2. The van der Waals surface area contributed by atoms with Gasteiger partial charge < -0.3 is 19.5 Å². The van der Waals surface area contributed by atoms with E-state index in [4.69, 9.17) is 9.47 Å². The Labute approximate surface area is 133 Å². The Balaban J connectivity index is 2.18. The lowest BCUT2D eigenvalue weighted by Gasteiger charge is -2.46. The molecule has 0 spiro atoms. The van der Waals surface area contributed by atoms with Crippen molar-refractivity contribution in [3.8, 4) is 5.75 Å². The minimum absolute atomic E-state index is 0.0944. The summed E-state index contributed by atoms with van der Waals surface area (Å²) < 4.78 is 9.75. The van der Waals surface area contributed by atoms with Crippen LogP contribution in [0.4, 0.5) is 0 Å². The Hall–Kier alpha value is -2.57. The topological polar surface area (TPSA) is 88.4 Å². The molecule has 0 radical (unpaired) electrons. The van der Waals surface area contributed by atoms with E-state index in [-0.39, 0.29) is 5.75 Å². The number of ether oxygens (including phenoxy) is 2. The monoisotopic (exact) mass is 318 g/mol. The summed E-state index contributed by atoms with van der Waals surface area (Å²) in [6.45, 7) is 1.81. The standard InChI is InChI=1S/C16H18N2O5/c1-16-11-7-10(19)5-4-9(11)6-12(14(20)22-2)18(16)8-17-13(16)15(21)23-3/h4-5,7-8,12-13,19H,6H2,1-3H3/t12-,13+,16-/m0/s1. The molecule has 3 atom stereocenters. The molecule has 2 heterocycles. The van der Waals surface area contributed by atoms with Crippen LogP contribution in [0.1, 0.15) is 18.1 Å². The van der Waals surface area contributed by atoms with Crippen LogP contribution >= 0.6 is 0 Å². The summed E-state index contributed by atoms with van der Waals surface area (Å²) >= 11 is 0. The molecule has 1 aromatic rings. The van der Waals surface area contributed by atoms with Crippen LogP contribution in [0.25, 0.3) is 0 Å². The minimum Gasteiger partial charge on any atom is -0.508 e. The Kier molecular flexibility index (Phi) is 3.50. The first-order valence-electron chi connectivity index (χ1n) is 7.23. The number of fused-ring (bicyclic) bond motifs is 3. The van der Waals surface area contributed by atoms with Crippen LogP contribution in [0.15, 0.2) is 23.2 Å². The average Bonchev–Trinajstić information content (AvgIpc) is 2.91. The van der Waals surface area contributed by atoms with E-state index in [1.54, 1.807) is 23.1 Å². The maximum atomic E-state index is 12.2. The van der Waals surface area contributed by atoms with Crippen molar-refractivity contribution in [2.75, 3.05) is 14.2 Å². The Morgan fingerprint density at radius 2 is 2.00 bits per heavy atom. The summed E-state index contributed by atoms with van der Waals surface area (Å²) in [5.41, 5.74) is 0.708. The lowest BCUT2D eigenvalue weighted by Crippen LogP contribution is -2.59. The predicted molar refractivity (Wildman–Crippen MR) is 81.1 cm³/mol. The molecule has 23 heavy (non-hydrogen) atoms. The number of carbonyl (C=O) groups excluding carboxylic acids is 2. The van der Waals surface area contributed by atoms with E-state index >= 15 is 0 Å². The van der Waals surface area contributed by atoms with Crippen LogP contribution in [0.3, 0.4) is 0 Å². The summed E-state index contributed by atoms with van der Waals surface area (Å²) in [5, 5.41) is 9.86. The lowest BCUT2D eigenvalue weighted by atomic mass is 9.75. The summed E-state index contributed by atoms with van der Waals surface area (Å²) in [5.74, 6) is -0.796. The molecule has 2 aliphatic heterocycles. The average molecular weight is 318 g/mol. The Bertz CT molecular complexity index is 702. The number of rotatable bonds is 2. The molecule has 0 saturated carbocycles. The summed E-state index contributed by atoms with van der Waals surface area (Å²) in [7, 11) is 2.63. The van der Waals surface area contributed by atoms with E-state index in [2.05, 4.69) is 4.99 Å². The fourth-order valence-corrected chi connectivity index (χ4v) is 3.49. The number of esters is 2. The molecule has 122 valence electrons. The van der Waals surface area contributed by atoms with Gasteiger partial charge in [-0.25, -0.2) is 9.59 Å². The van der Waals surface area contributed by atoms with Gasteiger partial charge in [-0.15, -0.1) is 0 Å². The zero-order chi connectivity index (χ0) is 16.8. The maximum Gasteiger partial charge on any atom is 0.333 e. The van der Waals surface area contributed by atoms with Gasteiger partial charge in [0.1, 0.15) is 11.8 Å². The first-order chi connectivity index (χ1) is 10.9. The van der Waals surface area contributed by atoms with E-state index in [1.165, 1.54) is 20.6 Å². The molecular weight excluding hydrogens is 300 g/mol. The minimum atomic E-state index is -0.918. The van der Waals surface area contributed by atoms with Crippen LogP contribution in [0, 0.1) is 0 Å². The van der Waals surface area contributed by atoms with Crippen molar-refractivity contribution in [3.05, 3.63) is 29.3 Å². The molecule has 0 amide bonds. The van der Waals surface area contributed by atoms with Crippen molar-refractivity contribution in [1.82, 2.24) is 4.90 Å². The van der Waals surface area contributed by atoms with E-state index in [9.17, 15) is 14.7 Å². The van der Waals surface area contributed by atoms with Gasteiger partial charge in [0.25, 0.3) is 0 Å². The smallest absolute Gasteiger partial charge is 0.333 e. The number of benzene rings is 1. The lowest BCUT2D eigenvalue weighted by molar-refractivity contribution is -0.151. The van der Waals surface area contributed by atoms with Gasteiger partial charge in [-0.2, -0.15) is 0 Å². The van der Waals surface area contributed by atoms with Gasteiger partial charge in [-0.05, 0) is 30.2 Å². The number of carbonyl (C=O) groups is 2. The molecular formula is C16H18N2O5. The van der Waals surface area contributed by atoms with Crippen LogP contribution in [0.2, 0.25) is 0 Å². The molecule has 7 heteroatoms. The molecule has 0 unspecified atom stereocenters. The molecule has 0 fully saturated rings. The predicted octanol–water partition coefficient (Wildman–Crippen LogP) is 0.591. The van der Waals surface area contributed by atoms with Crippen molar-refractivity contribution in [2.24, 2.45) is 4.99 Å². The second-order valence-electron chi connectivity index (χ2n) is 5.83. The number of aromatic hydroxyl groups is 1. The molecule has 0 aliphatic carbocycles. The number of nitrogens with zero attached hydrogens (tertiary/aromatic N) is 2. The third kappa shape index (κ3) is 2.07. The van der Waals surface area contributed by atoms with Crippen LogP contribution < -0.4 is 0 Å². The first kappa shape index (κ1) is 15.3. The Morgan fingerprint density at radius 1 is 1.30 bits per heavy atom. The van der Waals surface area contributed by atoms with Gasteiger partial charge in [0.2, 0.25) is 0 Å². The summed E-state index contributed by atoms with van der Waals surface area (Å²) in [4.78, 5) is 30.3. The fraction of sp³-hybridized carbons (Fsp3) is 0.438. The number of aliphatic imine (C=N–C) groups is 1. The van der Waals surface area contributed by atoms with E-state index < -0.39 is 29.6 Å². The van der Waals surface area contributed by atoms with Crippen molar-refractivity contribution >= 4 is 18.3 Å². The molecule has 7 nitrogen and oxygen atoms in total. The van der Waals surface area contributed by atoms with Gasteiger partial charge in [0.15, 0.2) is 6.04 Å². The molecule has 0 aromatic heterocycles. The second kappa shape index (κ2) is 5.26. The van der Waals surface area contributed by atoms with Crippen molar-refractivity contribution < 1.29 is 24.2 Å². The SMILES string of the molecule is COC(=O)[C@H]1N=CN2[C@H](C(=O)OC)Cc3ccc(O)cc3[C@@]12C. The molecule has 1 aromatic carbocycles. The van der Waals surface area contributed by atoms with Gasteiger partial charge in [0, 0.05) is 6.42 Å². The van der Waals surface area contributed by atoms with E-state index in [0.29, 0.717) is 6.42 Å². The van der Waals surface area contributed by atoms with Gasteiger partial charge >= 0.3 is 11.9 Å². The Morgan fingerprint density at radius 3 is 2.65 bits per heavy atom. The second-order valence-corrected chi connectivity index (χ2v) is 5.83. The zero-order valence-corrected chi connectivity index (χ0v) is 13.1. The van der Waals surface area contributed by atoms with Crippen molar-refractivity contribution in [3.63, 3.8) is 0 Å². The fourth-order valence-electron chi connectivity index (χ4n) is 3.49. The highest BCUT2D eigenvalue weighted by Gasteiger charge is 2.55. The summed E-state index contributed by atoms with van der Waals surface area (Å²) in [6.07, 6.45) is 1.91. The summed E-state index contributed by atoms with van der Waals surface area (Å²) in [6, 6.07) is 3.53. The van der Waals surface area contributed by atoms with Crippen LogP contribution in [0.5, 0.6) is 5.75 Å². The third-order valence-corrected chi connectivity index (χ3v) is 4.69. The van der Waals surface area contributed by atoms with E-state index in [0.717, 1.165) is 11.1 Å². The molecule has 1 N–H and O–H groups in total. The highest BCUT2D eigenvalue weighted by atomic mass is 16.5. The molecule has 3 rings (SSSR count). The molecule has 2 aliphatic rings. The quantitative estimate of drug-likeness (QED) is 0.803. The van der Waals surface area contributed by atoms with Crippen LogP contribution in [-0.2, 0) is 31.0 Å². The highest BCUT2D eigenvalue weighted by Crippen LogP contribution is 2.45. The van der Waals surface area contributed by atoms with Crippen molar-refractivity contribution in [1.29, 1.82) is 0 Å². The highest BCUT2D eigenvalue weighted by molar-refractivity contribution is 5.87. The molecule has 0 saturated heterocycles. The van der Waals surface area contributed by atoms with Gasteiger partial charge in [-0.1, -0.05) is 6.07 Å². The first-order valence-corrected chi connectivity index (χ1v) is 7.23. The number of phenols is 1. The number of methoxy groups -OCH3 is 2. The number of phenolic OH excluding ortho intramolecular Hbond substituents is 1. The number of hydrogen-bond acceptors (Lipinski definition) is 7. The molecule has 0 bridgehead atoms. The van der Waals surface area contributed by atoms with Crippen molar-refractivity contribution in [2.45, 2.75) is 31.0 Å². The normalized spacial score (nSPS) is 28.0. The van der Waals surface area contributed by atoms with Crippen LogP contribution in [-0.4, -0.2) is 54.6 Å².